The molecule has 0 saturated carbocycles. The second kappa shape index (κ2) is 9.99. The van der Waals surface area contributed by atoms with E-state index in [4.69, 9.17) is 27.9 Å². The number of hydrogen-bond acceptors (Lipinski definition) is 4. The highest BCUT2D eigenvalue weighted by atomic mass is 35.5. The molecule has 0 radical (unpaired) electrons. The van der Waals surface area contributed by atoms with Crippen molar-refractivity contribution in [3.05, 3.63) is 93.6 Å². The van der Waals surface area contributed by atoms with Gasteiger partial charge in [-0.1, -0.05) is 53.0 Å². The third-order valence-electron chi connectivity index (χ3n) is 4.91. The van der Waals surface area contributed by atoms with E-state index in [0.29, 0.717) is 27.7 Å². The SMILES string of the molecule is Cc1ccc(NC(=O)COc2ccc(/C=C3/NC(=O)N(c4cccc(Cl)c4)C3=O)cc2Cl)cc1. The number of carbonyl (C=O) groups excluding carboxylic acids is 3. The van der Waals surface area contributed by atoms with Crippen molar-refractivity contribution in [3.63, 3.8) is 0 Å². The van der Waals surface area contributed by atoms with Crippen LogP contribution in [0.5, 0.6) is 5.75 Å². The Balaban J connectivity index is 1.41. The molecule has 9 heteroatoms. The zero-order valence-electron chi connectivity index (χ0n) is 18.0. The van der Waals surface area contributed by atoms with Gasteiger partial charge in [-0.25, -0.2) is 9.69 Å². The Kier molecular flexibility index (Phi) is 6.86. The zero-order chi connectivity index (χ0) is 24.2. The lowest BCUT2D eigenvalue weighted by molar-refractivity contribution is -0.118. The fraction of sp³-hybridized carbons (Fsp3) is 0.0800. The van der Waals surface area contributed by atoms with Crippen LogP contribution in [-0.4, -0.2) is 24.5 Å². The summed E-state index contributed by atoms with van der Waals surface area (Å²) in [6.45, 7) is 1.74. The first-order valence-electron chi connectivity index (χ1n) is 10.2. The van der Waals surface area contributed by atoms with E-state index in [-0.39, 0.29) is 23.2 Å². The van der Waals surface area contributed by atoms with Crippen LogP contribution in [0.4, 0.5) is 16.2 Å². The molecule has 1 aliphatic rings. The summed E-state index contributed by atoms with van der Waals surface area (Å²) in [6.07, 6.45) is 1.50. The number of amides is 4. The van der Waals surface area contributed by atoms with Crippen LogP contribution in [0, 0.1) is 6.92 Å². The average Bonchev–Trinajstić information content (AvgIpc) is 3.07. The van der Waals surface area contributed by atoms with E-state index < -0.39 is 11.9 Å². The number of ether oxygens (including phenoxy) is 1. The minimum absolute atomic E-state index is 0.0900. The summed E-state index contributed by atoms with van der Waals surface area (Å²) in [5.74, 6) is -0.534. The second-order valence-corrected chi connectivity index (χ2v) is 8.34. The summed E-state index contributed by atoms with van der Waals surface area (Å²) in [5.41, 5.74) is 2.78. The van der Waals surface area contributed by atoms with E-state index in [1.807, 2.05) is 19.1 Å². The van der Waals surface area contributed by atoms with Crippen LogP contribution in [-0.2, 0) is 9.59 Å². The average molecular weight is 496 g/mol. The standard InChI is InChI=1S/C25H19Cl2N3O4/c1-15-5-8-18(9-6-15)28-23(31)14-34-22-10-7-16(11-20(22)27)12-21-24(32)30(25(33)29-21)19-4-2-3-17(26)13-19/h2-13H,14H2,1H3,(H,28,31)(H,29,33)/b21-12+. The number of nitrogens with zero attached hydrogens (tertiary/aromatic N) is 1. The van der Waals surface area contributed by atoms with Crippen LogP contribution in [0.3, 0.4) is 0 Å². The summed E-state index contributed by atoms with van der Waals surface area (Å²) in [6, 6.07) is 18.1. The fourth-order valence-electron chi connectivity index (χ4n) is 3.25. The fourth-order valence-corrected chi connectivity index (χ4v) is 3.68. The van der Waals surface area contributed by atoms with Gasteiger partial charge in [0.2, 0.25) is 0 Å². The van der Waals surface area contributed by atoms with E-state index in [0.717, 1.165) is 10.5 Å². The molecule has 0 spiro atoms. The van der Waals surface area contributed by atoms with Crippen LogP contribution >= 0.6 is 23.2 Å². The van der Waals surface area contributed by atoms with E-state index >= 15 is 0 Å². The van der Waals surface area contributed by atoms with Crippen molar-refractivity contribution in [3.8, 4) is 5.75 Å². The van der Waals surface area contributed by atoms with Gasteiger partial charge >= 0.3 is 6.03 Å². The van der Waals surface area contributed by atoms with Crippen molar-refractivity contribution >= 4 is 58.5 Å². The topological polar surface area (TPSA) is 87.7 Å². The number of rotatable bonds is 6. The summed E-state index contributed by atoms with van der Waals surface area (Å²) < 4.78 is 5.52. The third kappa shape index (κ3) is 5.39. The number of nitrogens with one attached hydrogen (secondary N) is 2. The molecule has 0 atom stereocenters. The highest BCUT2D eigenvalue weighted by molar-refractivity contribution is 6.33. The number of carbonyl (C=O) groups is 3. The van der Waals surface area contributed by atoms with Gasteiger partial charge in [-0.05, 0) is 61.0 Å². The second-order valence-electron chi connectivity index (χ2n) is 7.50. The zero-order valence-corrected chi connectivity index (χ0v) is 19.5. The quantitative estimate of drug-likeness (QED) is 0.353. The molecule has 7 nitrogen and oxygen atoms in total. The summed E-state index contributed by atoms with van der Waals surface area (Å²) >= 11 is 12.3. The first kappa shape index (κ1) is 23.4. The van der Waals surface area contributed by atoms with E-state index in [9.17, 15) is 14.4 Å². The Labute approximate surface area is 205 Å². The number of urea groups is 1. The molecule has 1 aliphatic heterocycles. The Morgan fingerprint density at radius 3 is 2.53 bits per heavy atom. The number of anilines is 2. The molecule has 3 aromatic carbocycles. The smallest absolute Gasteiger partial charge is 0.333 e. The largest absolute Gasteiger partial charge is 0.482 e. The van der Waals surface area contributed by atoms with Gasteiger partial charge in [0.1, 0.15) is 11.4 Å². The number of halogens is 2. The lowest BCUT2D eigenvalue weighted by Crippen LogP contribution is -2.30. The predicted octanol–water partition coefficient (Wildman–Crippen LogP) is 5.42. The molecule has 2 N–H and O–H groups in total. The van der Waals surface area contributed by atoms with Crippen LogP contribution in [0.25, 0.3) is 6.08 Å². The number of imide groups is 1. The molecule has 0 unspecified atom stereocenters. The first-order chi connectivity index (χ1) is 16.3. The molecule has 0 aliphatic carbocycles. The monoisotopic (exact) mass is 495 g/mol. The van der Waals surface area contributed by atoms with Gasteiger partial charge in [0, 0.05) is 10.7 Å². The molecular formula is C25H19Cl2N3O4. The Bertz CT molecular complexity index is 1310. The van der Waals surface area contributed by atoms with Crippen LogP contribution in [0.15, 0.2) is 72.4 Å². The molecule has 34 heavy (non-hydrogen) atoms. The maximum absolute atomic E-state index is 12.8. The van der Waals surface area contributed by atoms with Gasteiger partial charge in [0.15, 0.2) is 6.61 Å². The highest BCUT2D eigenvalue weighted by Crippen LogP contribution is 2.28. The summed E-state index contributed by atoms with van der Waals surface area (Å²) in [5, 5.41) is 5.95. The molecule has 4 amide bonds. The van der Waals surface area contributed by atoms with Gasteiger partial charge in [-0.2, -0.15) is 0 Å². The molecule has 0 bridgehead atoms. The van der Waals surface area contributed by atoms with E-state index in [1.165, 1.54) is 12.1 Å². The van der Waals surface area contributed by atoms with E-state index in [2.05, 4.69) is 10.6 Å². The molecule has 172 valence electrons. The van der Waals surface area contributed by atoms with E-state index in [1.54, 1.807) is 48.5 Å². The molecule has 1 saturated heterocycles. The Morgan fingerprint density at radius 1 is 1.06 bits per heavy atom. The lowest BCUT2D eigenvalue weighted by atomic mass is 10.1. The van der Waals surface area contributed by atoms with Gasteiger partial charge in [-0.3, -0.25) is 9.59 Å². The minimum Gasteiger partial charge on any atom is -0.482 e. The minimum atomic E-state index is -0.579. The summed E-state index contributed by atoms with van der Waals surface area (Å²) in [4.78, 5) is 38.2. The highest BCUT2D eigenvalue weighted by Gasteiger charge is 2.34. The third-order valence-corrected chi connectivity index (χ3v) is 5.44. The van der Waals surface area contributed by atoms with Gasteiger partial charge in [0.05, 0.1) is 10.7 Å². The maximum Gasteiger partial charge on any atom is 0.333 e. The molecule has 1 heterocycles. The van der Waals surface area contributed by atoms with Gasteiger partial charge < -0.3 is 15.4 Å². The van der Waals surface area contributed by atoms with Crippen molar-refractivity contribution in [2.24, 2.45) is 0 Å². The van der Waals surface area contributed by atoms with Crippen LogP contribution < -0.4 is 20.3 Å². The predicted molar refractivity (Wildman–Crippen MR) is 132 cm³/mol. The Hall–Kier alpha value is -3.81. The van der Waals surface area contributed by atoms with Crippen LogP contribution in [0.2, 0.25) is 10.0 Å². The van der Waals surface area contributed by atoms with Gasteiger partial charge in [-0.15, -0.1) is 0 Å². The normalized spacial score (nSPS) is 14.3. The number of aryl methyl sites for hydroxylation is 1. The Morgan fingerprint density at radius 2 is 1.82 bits per heavy atom. The molecule has 1 fully saturated rings. The van der Waals surface area contributed by atoms with Crippen molar-refractivity contribution in [1.29, 1.82) is 0 Å². The number of benzene rings is 3. The molecule has 4 rings (SSSR count). The van der Waals surface area contributed by atoms with Crippen molar-refractivity contribution in [2.45, 2.75) is 6.92 Å². The first-order valence-corrected chi connectivity index (χ1v) is 11.0. The van der Waals surface area contributed by atoms with Crippen LogP contribution in [0.1, 0.15) is 11.1 Å². The summed E-state index contributed by atoms with van der Waals surface area (Å²) in [7, 11) is 0. The van der Waals surface area contributed by atoms with Crippen molar-refractivity contribution in [1.82, 2.24) is 5.32 Å². The molecular weight excluding hydrogens is 477 g/mol. The lowest BCUT2D eigenvalue weighted by Gasteiger charge is -2.11. The van der Waals surface area contributed by atoms with Crippen molar-refractivity contribution < 1.29 is 19.1 Å². The number of hydrogen-bond donors (Lipinski definition) is 2. The maximum atomic E-state index is 12.8. The van der Waals surface area contributed by atoms with Crippen molar-refractivity contribution in [2.75, 3.05) is 16.8 Å². The van der Waals surface area contributed by atoms with Gasteiger partial charge in [0.25, 0.3) is 11.8 Å². The molecule has 3 aromatic rings. The molecule has 0 aromatic heterocycles.